The molecule has 1 N–H and O–H groups in total. The molecule has 1 aromatic rings. The molecule has 2 aliphatic rings. The minimum Gasteiger partial charge on any atom is -0.323 e. The lowest BCUT2D eigenvalue weighted by Gasteiger charge is -2.24. The molecule has 3 amide bonds. The first kappa shape index (κ1) is 18.6. The molecule has 1 saturated heterocycles. The maximum Gasteiger partial charge on any atom is 0.325 e. The third-order valence-electron chi connectivity index (χ3n) is 5.92. The molecule has 0 aromatic heterocycles. The number of benzene rings is 1. The molecule has 5 nitrogen and oxygen atoms in total. The van der Waals surface area contributed by atoms with Crippen molar-refractivity contribution in [3.05, 3.63) is 35.4 Å². The number of carbonyl (C=O) groups excluding carboxylic acids is 3. The van der Waals surface area contributed by atoms with E-state index in [1.54, 1.807) is 12.1 Å². The van der Waals surface area contributed by atoms with Gasteiger partial charge in [0.25, 0.3) is 5.91 Å². The Hall–Kier alpha value is -2.17. The number of nitrogens with one attached hydrogen (secondary N) is 1. The molecule has 26 heavy (non-hydrogen) atoms. The Morgan fingerprint density at radius 3 is 2.31 bits per heavy atom. The molecule has 1 aliphatic heterocycles. The van der Waals surface area contributed by atoms with Crippen molar-refractivity contribution in [3.63, 3.8) is 0 Å². The molecule has 1 aromatic carbocycles. The highest BCUT2D eigenvalue weighted by Crippen LogP contribution is 2.32. The Bertz CT molecular complexity index is 688. The monoisotopic (exact) mass is 356 g/mol. The minimum absolute atomic E-state index is 0.185. The first-order valence-electron chi connectivity index (χ1n) is 9.74. The summed E-state index contributed by atoms with van der Waals surface area (Å²) in [5.74, 6) is 0.0176. The lowest BCUT2D eigenvalue weighted by atomic mass is 9.90. The van der Waals surface area contributed by atoms with Crippen molar-refractivity contribution >= 4 is 17.7 Å². The third-order valence-corrected chi connectivity index (χ3v) is 5.92. The molecular weight excluding hydrogens is 328 g/mol. The number of nitrogens with zero attached hydrogens (tertiary/aromatic N) is 1. The molecule has 0 bridgehead atoms. The number of amides is 3. The van der Waals surface area contributed by atoms with E-state index < -0.39 is 11.6 Å². The number of hydrogen-bond acceptors (Lipinski definition) is 3. The zero-order valence-corrected chi connectivity index (χ0v) is 15.7. The number of hydrogen-bond donors (Lipinski definition) is 1. The molecule has 2 fully saturated rings. The van der Waals surface area contributed by atoms with Gasteiger partial charge in [-0.25, -0.2) is 4.79 Å². The van der Waals surface area contributed by atoms with E-state index in [-0.39, 0.29) is 18.2 Å². The van der Waals surface area contributed by atoms with Gasteiger partial charge in [0.15, 0.2) is 5.78 Å². The van der Waals surface area contributed by atoms with Gasteiger partial charge in [-0.2, -0.15) is 0 Å². The summed E-state index contributed by atoms with van der Waals surface area (Å²) >= 11 is 0. The quantitative estimate of drug-likeness (QED) is 0.640. The van der Waals surface area contributed by atoms with E-state index in [0.29, 0.717) is 24.3 Å². The van der Waals surface area contributed by atoms with Gasteiger partial charge in [-0.3, -0.25) is 14.5 Å². The lowest BCUT2D eigenvalue weighted by molar-refractivity contribution is -0.131. The Labute approximate surface area is 155 Å². The first-order valence-corrected chi connectivity index (χ1v) is 9.74. The van der Waals surface area contributed by atoms with Crippen molar-refractivity contribution in [3.8, 4) is 0 Å². The van der Waals surface area contributed by atoms with Crippen LogP contribution in [0.1, 0.15) is 80.6 Å². The van der Waals surface area contributed by atoms with E-state index in [1.165, 1.54) is 5.56 Å². The Kier molecular flexibility index (Phi) is 5.44. The number of carbonyl (C=O) groups is 3. The van der Waals surface area contributed by atoms with Crippen LogP contribution in [0.5, 0.6) is 0 Å². The van der Waals surface area contributed by atoms with Gasteiger partial charge in [-0.05, 0) is 30.7 Å². The predicted molar refractivity (Wildman–Crippen MR) is 100 cm³/mol. The van der Waals surface area contributed by atoms with E-state index in [1.807, 2.05) is 12.1 Å². The van der Waals surface area contributed by atoms with Gasteiger partial charge < -0.3 is 5.32 Å². The standard InChI is InChI=1S/C21H28N2O3/c1-3-15(2)16-8-10-17(11-9-16)18(24)14-23-19(25)21(22-20(23)26)12-6-4-5-7-13-21/h8-11,15H,3-7,12-14H2,1-2H3,(H,22,26)/t15-/m1/s1. The molecule has 0 radical (unpaired) electrons. The van der Waals surface area contributed by atoms with Crippen molar-refractivity contribution in [2.24, 2.45) is 0 Å². The van der Waals surface area contributed by atoms with E-state index >= 15 is 0 Å². The lowest BCUT2D eigenvalue weighted by Crippen LogP contribution is -2.46. The number of urea groups is 1. The summed E-state index contributed by atoms with van der Waals surface area (Å²) in [5.41, 5.74) is 0.949. The fraction of sp³-hybridized carbons (Fsp3) is 0.571. The Morgan fingerprint density at radius 1 is 1.12 bits per heavy atom. The second kappa shape index (κ2) is 7.60. The van der Waals surface area contributed by atoms with Gasteiger partial charge in [0.2, 0.25) is 0 Å². The summed E-state index contributed by atoms with van der Waals surface area (Å²) in [5, 5.41) is 2.88. The first-order chi connectivity index (χ1) is 12.5. The van der Waals surface area contributed by atoms with Crippen LogP contribution < -0.4 is 5.32 Å². The fourth-order valence-corrected chi connectivity index (χ4v) is 3.96. The summed E-state index contributed by atoms with van der Waals surface area (Å²) in [7, 11) is 0. The van der Waals surface area contributed by atoms with Crippen LogP contribution in [0.2, 0.25) is 0 Å². The maximum absolute atomic E-state index is 12.9. The van der Waals surface area contributed by atoms with Crippen LogP contribution in [0.4, 0.5) is 4.79 Å². The molecule has 1 saturated carbocycles. The maximum atomic E-state index is 12.9. The molecule has 1 aliphatic carbocycles. The summed E-state index contributed by atoms with van der Waals surface area (Å²) < 4.78 is 0. The summed E-state index contributed by atoms with van der Waals surface area (Å²) in [6.07, 6.45) is 6.43. The normalized spacial score (nSPS) is 20.8. The predicted octanol–water partition coefficient (Wildman–Crippen LogP) is 4.03. The van der Waals surface area contributed by atoms with Crippen molar-refractivity contribution in [1.29, 1.82) is 0 Å². The van der Waals surface area contributed by atoms with Crippen LogP contribution in [-0.2, 0) is 4.79 Å². The van der Waals surface area contributed by atoms with E-state index in [2.05, 4.69) is 19.2 Å². The molecule has 5 heteroatoms. The SMILES string of the molecule is CC[C@@H](C)c1ccc(C(=O)CN2C(=O)NC3(CCCCCC3)C2=O)cc1. The zero-order chi connectivity index (χ0) is 18.7. The van der Waals surface area contributed by atoms with Gasteiger partial charge in [-0.1, -0.05) is 63.8 Å². The van der Waals surface area contributed by atoms with Crippen molar-refractivity contribution in [2.75, 3.05) is 6.54 Å². The van der Waals surface area contributed by atoms with Crippen molar-refractivity contribution in [2.45, 2.75) is 70.3 Å². The van der Waals surface area contributed by atoms with Crippen LogP contribution in [0.3, 0.4) is 0 Å². The van der Waals surface area contributed by atoms with Gasteiger partial charge in [0.1, 0.15) is 5.54 Å². The van der Waals surface area contributed by atoms with Crippen LogP contribution in [0.25, 0.3) is 0 Å². The highest BCUT2D eigenvalue weighted by Gasteiger charge is 2.51. The van der Waals surface area contributed by atoms with Crippen LogP contribution in [-0.4, -0.2) is 34.7 Å². The molecule has 1 heterocycles. The highest BCUT2D eigenvalue weighted by molar-refractivity contribution is 6.11. The van der Waals surface area contributed by atoms with E-state index in [0.717, 1.165) is 37.0 Å². The van der Waals surface area contributed by atoms with Gasteiger partial charge in [0, 0.05) is 5.56 Å². The number of ketones is 1. The number of rotatable bonds is 5. The summed E-state index contributed by atoms with van der Waals surface area (Å²) in [6, 6.07) is 7.08. The van der Waals surface area contributed by atoms with Crippen LogP contribution in [0.15, 0.2) is 24.3 Å². The zero-order valence-electron chi connectivity index (χ0n) is 15.7. The topological polar surface area (TPSA) is 66.5 Å². The second-order valence-electron chi connectivity index (χ2n) is 7.67. The molecule has 3 rings (SSSR count). The summed E-state index contributed by atoms with van der Waals surface area (Å²) in [4.78, 5) is 39.0. The third kappa shape index (κ3) is 3.53. The Balaban J connectivity index is 1.71. The van der Waals surface area contributed by atoms with Gasteiger partial charge in [0.05, 0.1) is 6.54 Å². The van der Waals surface area contributed by atoms with Crippen molar-refractivity contribution in [1.82, 2.24) is 10.2 Å². The Morgan fingerprint density at radius 2 is 1.73 bits per heavy atom. The number of Topliss-reactive ketones (excluding diaryl/α,β-unsaturated/α-hetero) is 1. The van der Waals surface area contributed by atoms with Gasteiger partial charge in [-0.15, -0.1) is 0 Å². The van der Waals surface area contributed by atoms with Crippen LogP contribution in [0, 0.1) is 0 Å². The summed E-state index contributed by atoms with van der Waals surface area (Å²) in [6.45, 7) is 4.09. The molecule has 140 valence electrons. The smallest absolute Gasteiger partial charge is 0.323 e. The molecule has 1 atom stereocenters. The highest BCUT2D eigenvalue weighted by atomic mass is 16.2. The molecule has 0 unspecified atom stereocenters. The average Bonchev–Trinajstić information content (AvgIpc) is 2.82. The second-order valence-corrected chi connectivity index (χ2v) is 7.67. The molecular formula is C21H28N2O3. The van der Waals surface area contributed by atoms with Crippen molar-refractivity contribution < 1.29 is 14.4 Å². The molecule has 1 spiro atoms. The van der Waals surface area contributed by atoms with Gasteiger partial charge >= 0.3 is 6.03 Å². The fourth-order valence-electron chi connectivity index (χ4n) is 3.96. The number of imide groups is 1. The van der Waals surface area contributed by atoms with Crippen LogP contribution >= 0.6 is 0 Å². The average molecular weight is 356 g/mol. The van der Waals surface area contributed by atoms with E-state index in [4.69, 9.17) is 0 Å². The largest absolute Gasteiger partial charge is 0.325 e. The minimum atomic E-state index is -0.783. The van der Waals surface area contributed by atoms with E-state index in [9.17, 15) is 14.4 Å².